The van der Waals surface area contributed by atoms with Crippen molar-refractivity contribution in [2.24, 2.45) is 11.8 Å². The molecule has 2 N–H and O–H groups in total. The molecule has 1 aliphatic carbocycles. The van der Waals surface area contributed by atoms with Crippen LogP contribution in [0.3, 0.4) is 0 Å². The summed E-state index contributed by atoms with van der Waals surface area (Å²) < 4.78 is 0. The van der Waals surface area contributed by atoms with Gasteiger partial charge in [0.05, 0.1) is 12.3 Å². The molecule has 0 radical (unpaired) electrons. The first-order valence-electron chi connectivity index (χ1n) is 7.61. The topological polar surface area (TPSA) is 66.4 Å². The van der Waals surface area contributed by atoms with Crippen LogP contribution >= 0.6 is 0 Å². The summed E-state index contributed by atoms with van der Waals surface area (Å²) in [6.07, 6.45) is 4.01. The summed E-state index contributed by atoms with van der Waals surface area (Å²) in [4.78, 5) is 23.2. The Hall–Kier alpha value is -1.84. The lowest BCUT2D eigenvalue weighted by atomic mass is 9.79. The zero-order valence-electron chi connectivity index (χ0n) is 12.5. The van der Waals surface area contributed by atoms with Gasteiger partial charge in [0.15, 0.2) is 0 Å². The number of rotatable bonds is 5. The predicted molar refractivity (Wildman–Crippen MR) is 81.0 cm³/mol. The minimum Gasteiger partial charge on any atom is -0.481 e. The van der Waals surface area contributed by atoms with Gasteiger partial charge in [-0.1, -0.05) is 42.7 Å². The Kier molecular flexibility index (Phi) is 5.37. The maximum absolute atomic E-state index is 12.0. The van der Waals surface area contributed by atoms with E-state index in [4.69, 9.17) is 0 Å². The smallest absolute Gasteiger partial charge is 0.306 e. The molecule has 1 aliphatic rings. The molecule has 1 amide bonds. The minimum atomic E-state index is -0.729. The molecule has 1 saturated carbocycles. The third kappa shape index (κ3) is 4.59. The fourth-order valence-corrected chi connectivity index (χ4v) is 3.09. The third-order valence-corrected chi connectivity index (χ3v) is 4.23. The number of aryl methyl sites for hydroxylation is 1. The van der Waals surface area contributed by atoms with E-state index in [-0.39, 0.29) is 17.7 Å². The summed E-state index contributed by atoms with van der Waals surface area (Å²) in [5, 5.41) is 12.1. The molecule has 114 valence electrons. The molecule has 1 aromatic carbocycles. The lowest BCUT2D eigenvalue weighted by molar-refractivity contribution is -0.145. The Balaban J connectivity index is 1.84. The second-order valence-corrected chi connectivity index (χ2v) is 5.96. The SMILES string of the molecule is Cc1cccc(CC(=O)NCC2CCCCC2C(=O)O)c1. The average molecular weight is 289 g/mol. The van der Waals surface area contributed by atoms with Crippen molar-refractivity contribution in [1.29, 1.82) is 0 Å². The van der Waals surface area contributed by atoms with Crippen molar-refractivity contribution in [1.82, 2.24) is 5.32 Å². The van der Waals surface area contributed by atoms with Crippen molar-refractivity contribution in [2.75, 3.05) is 6.54 Å². The molecule has 1 fully saturated rings. The number of benzene rings is 1. The van der Waals surface area contributed by atoms with Gasteiger partial charge in [-0.25, -0.2) is 0 Å². The number of nitrogens with one attached hydrogen (secondary N) is 1. The van der Waals surface area contributed by atoms with E-state index in [0.29, 0.717) is 13.0 Å². The summed E-state index contributed by atoms with van der Waals surface area (Å²) in [7, 11) is 0. The van der Waals surface area contributed by atoms with Crippen molar-refractivity contribution in [3.05, 3.63) is 35.4 Å². The Bertz CT molecular complexity index is 513. The van der Waals surface area contributed by atoms with E-state index in [0.717, 1.165) is 36.8 Å². The van der Waals surface area contributed by atoms with Crippen LogP contribution in [0.5, 0.6) is 0 Å². The van der Waals surface area contributed by atoms with Gasteiger partial charge in [0.1, 0.15) is 0 Å². The van der Waals surface area contributed by atoms with E-state index in [1.165, 1.54) is 0 Å². The van der Waals surface area contributed by atoms with Gasteiger partial charge >= 0.3 is 5.97 Å². The maximum atomic E-state index is 12.0. The molecule has 0 spiro atoms. The van der Waals surface area contributed by atoms with Gasteiger partial charge in [0.25, 0.3) is 0 Å². The number of carboxylic acids is 1. The lowest BCUT2D eigenvalue weighted by Crippen LogP contribution is -2.37. The summed E-state index contributed by atoms with van der Waals surface area (Å²) >= 11 is 0. The number of aliphatic carboxylic acids is 1. The number of hydrogen-bond donors (Lipinski definition) is 2. The molecule has 2 atom stereocenters. The van der Waals surface area contributed by atoms with Gasteiger partial charge in [0.2, 0.25) is 5.91 Å². The van der Waals surface area contributed by atoms with Gasteiger partial charge in [-0.3, -0.25) is 9.59 Å². The summed E-state index contributed by atoms with van der Waals surface area (Å²) in [6.45, 7) is 2.47. The molecule has 21 heavy (non-hydrogen) atoms. The molecule has 4 nitrogen and oxygen atoms in total. The number of carbonyl (C=O) groups is 2. The average Bonchev–Trinajstić information content (AvgIpc) is 2.45. The van der Waals surface area contributed by atoms with Gasteiger partial charge in [-0.2, -0.15) is 0 Å². The van der Waals surface area contributed by atoms with Crippen LogP contribution in [0.4, 0.5) is 0 Å². The maximum Gasteiger partial charge on any atom is 0.306 e. The largest absolute Gasteiger partial charge is 0.481 e. The molecular weight excluding hydrogens is 266 g/mol. The minimum absolute atomic E-state index is 0.0321. The summed E-state index contributed by atoms with van der Waals surface area (Å²) in [5.41, 5.74) is 2.13. The monoisotopic (exact) mass is 289 g/mol. The molecule has 0 saturated heterocycles. The first-order valence-corrected chi connectivity index (χ1v) is 7.61. The second kappa shape index (κ2) is 7.25. The van der Waals surface area contributed by atoms with Crippen molar-refractivity contribution in [3.63, 3.8) is 0 Å². The van der Waals surface area contributed by atoms with Crippen molar-refractivity contribution >= 4 is 11.9 Å². The van der Waals surface area contributed by atoms with Gasteiger partial charge in [0, 0.05) is 6.54 Å². The Morgan fingerprint density at radius 2 is 2.05 bits per heavy atom. The normalized spacial score (nSPS) is 21.8. The zero-order chi connectivity index (χ0) is 15.2. The molecule has 4 heteroatoms. The molecule has 0 aliphatic heterocycles. The molecule has 2 unspecified atom stereocenters. The second-order valence-electron chi connectivity index (χ2n) is 5.96. The zero-order valence-corrected chi connectivity index (χ0v) is 12.5. The van der Waals surface area contributed by atoms with E-state index in [1.54, 1.807) is 0 Å². The van der Waals surface area contributed by atoms with E-state index in [1.807, 2.05) is 31.2 Å². The van der Waals surface area contributed by atoms with Crippen LogP contribution in [0.25, 0.3) is 0 Å². The molecule has 2 rings (SSSR count). The summed E-state index contributed by atoms with van der Waals surface area (Å²) in [5.74, 6) is -1.00. The summed E-state index contributed by atoms with van der Waals surface area (Å²) in [6, 6.07) is 7.88. The molecule has 1 aromatic rings. The Morgan fingerprint density at radius 3 is 2.76 bits per heavy atom. The Morgan fingerprint density at radius 1 is 1.29 bits per heavy atom. The molecule has 0 bridgehead atoms. The van der Waals surface area contributed by atoms with Crippen LogP contribution in [0.15, 0.2) is 24.3 Å². The first kappa shape index (κ1) is 15.5. The van der Waals surface area contributed by atoms with Crippen LogP contribution in [-0.4, -0.2) is 23.5 Å². The van der Waals surface area contributed by atoms with E-state index < -0.39 is 5.97 Å². The highest BCUT2D eigenvalue weighted by molar-refractivity contribution is 5.78. The highest BCUT2D eigenvalue weighted by Crippen LogP contribution is 2.29. The number of hydrogen-bond acceptors (Lipinski definition) is 2. The number of carbonyl (C=O) groups excluding carboxylic acids is 1. The van der Waals surface area contributed by atoms with Crippen LogP contribution < -0.4 is 5.32 Å². The van der Waals surface area contributed by atoms with E-state index in [9.17, 15) is 14.7 Å². The highest BCUT2D eigenvalue weighted by atomic mass is 16.4. The highest BCUT2D eigenvalue weighted by Gasteiger charge is 2.30. The fraction of sp³-hybridized carbons (Fsp3) is 0.529. The van der Waals surface area contributed by atoms with Crippen LogP contribution in [-0.2, 0) is 16.0 Å². The van der Waals surface area contributed by atoms with Crippen molar-refractivity contribution < 1.29 is 14.7 Å². The molecular formula is C17H23NO3. The lowest BCUT2D eigenvalue weighted by Gasteiger charge is -2.28. The predicted octanol–water partition coefficient (Wildman–Crippen LogP) is 2.54. The van der Waals surface area contributed by atoms with Crippen molar-refractivity contribution in [2.45, 2.75) is 39.0 Å². The van der Waals surface area contributed by atoms with E-state index in [2.05, 4.69) is 5.32 Å². The fourth-order valence-electron chi connectivity index (χ4n) is 3.09. The van der Waals surface area contributed by atoms with Gasteiger partial charge in [-0.15, -0.1) is 0 Å². The van der Waals surface area contributed by atoms with Crippen molar-refractivity contribution in [3.8, 4) is 0 Å². The number of amides is 1. The molecule has 0 aromatic heterocycles. The first-order chi connectivity index (χ1) is 10.1. The van der Waals surface area contributed by atoms with Crippen LogP contribution in [0, 0.1) is 18.8 Å². The quantitative estimate of drug-likeness (QED) is 0.875. The van der Waals surface area contributed by atoms with E-state index >= 15 is 0 Å². The Labute approximate surface area is 125 Å². The van der Waals surface area contributed by atoms with Crippen LogP contribution in [0.1, 0.15) is 36.8 Å². The van der Waals surface area contributed by atoms with Gasteiger partial charge in [-0.05, 0) is 31.2 Å². The third-order valence-electron chi connectivity index (χ3n) is 4.23. The van der Waals surface area contributed by atoms with Gasteiger partial charge < -0.3 is 10.4 Å². The number of carboxylic acid groups (broad SMARTS) is 1. The molecule has 0 heterocycles. The van der Waals surface area contributed by atoms with Crippen LogP contribution in [0.2, 0.25) is 0 Å². The standard InChI is InChI=1S/C17H23NO3/c1-12-5-4-6-13(9-12)10-16(19)18-11-14-7-2-3-8-15(14)17(20)21/h4-6,9,14-15H,2-3,7-8,10-11H2,1H3,(H,18,19)(H,20,21).